The van der Waals surface area contributed by atoms with E-state index in [1.54, 1.807) is 7.11 Å². The fraction of sp³-hybridized carbons (Fsp3) is 0.615. The van der Waals surface area contributed by atoms with Gasteiger partial charge in [-0.05, 0) is 37.9 Å². The molecule has 0 spiro atoms. The average Bonchev–Trinajstić information content (AvgIpc) is 2.27. The van der Waals surface area contributed by atoms with Crippen molar-refractivity contribution in [1.82, 2.24) is 10.3 Å². The number of hydrogen-bond acceptors (Lipinski definition) is 3. The molecule has 0 aromatic carbocycles. The van der Waals surface area contributed by atoms with Gasteiger partial charge in [-0.15, -0.1) is 0 Å². The standard InChI is InChI=1S/C13H22N2O/c1-10(9-16-4)7-13(14-3)12-6-5-11(2)15-8-12/h5-6,8,10,13-14H,7,9H2,1-4H3. The van der Waals surface area contributed by atoms with Crippen LogP contribution in [0.25, 0.3) is 0 Å². The number of aromatic nitrogens is 1. The lowest BCUT2D eigenvalue weighted by Crippen LogP contribution is -2.20. The Kier molecular flexibility index (Phi) is 5.43. The lowest BCUT2D eigenvalue weighted by Gasteiger charge is -2.20. The Morgan fingerprint density at radius 1 is 1.44 bits per heavy atom. The zero-order valence-corrected chi connectivity index (χ0v) is 10.7. The number of hydrogen-bond donors (Lipinski definition) is 1. The third-order valence-electron chi connectivity index (χ3n) is 2.77. The SMILES string of the molecule is CNC(CC(C)COC)c1ccc(C)nc1. The van der Waals surface area contributed by atoms with E-state index in [1.165, 1.54) is 5.56 Å². The van der Waals surface area contributed by atoms with Gasteiger partial charge in [-0.1, -0.05) is 13.0 Å². The van der Waals surface area contributed by atoms with Crippen LogP contribution in [0.15, 0.2) is 18.3 Å². The first kappa shape index (κ1) is 13.1. The summed E-state index contributed by atoms with van der Waals surface area (Å²) in [4.78, 5) is 4.33. The topological polar surface area (TPSA) is 34.1 Å². The lowest BCUT2D eigenvalue weighted by molar-refractivity contribution is 0.150. The summed E-state index contributed by atoms with van der Waals surface area (Å²) in [7, 11) is 3.74. The Hall–Kier alpha value is -0.930. The first-order chi connectivity index (χ1) is 7.67. The molecule has 90 valence electrons. The Labute approximate surface area is 98.2 Å². The minimum Gasteiger partial charge on any atom is -0.384 e. The van der Waals surface area contributed by atoms with Crippen molar-refractivity contribution in [2.24, 2.45) is 5.92 Å². The molecule has 1 heterocycles. The van der Waals surface area contributed by atoms with Crippen LogP contribution in [0.4, 0.5) is 0 Å². The third-order valence-corrected chi connectivity index (χ3v) is 2.77. The van der Waals surface area contributed by atoms with Gasteiger partial charge < -0.3 is 10.1 Å². The minimum absolute atomic E-state index is 0.359. The molecule has 3 nitrogen and oxygen atoms in total. The monoisotopic (exact) mass is 222 g/mol. The predicted molar refractivity (Wildman–Crippen MR) is 66.4 cm³/mol. The van der Waals surface area contributed by atoms with Crippen LogP contribution in [-0.2, 0) is 4.74 Å². The van der Waals surface area contributed by atoms with Crippen LogP contribution in [0.1, 0.15) is 30.6 Å². The Morgan fingerprint density at radius 2 is 2.19 bits per heavy atom. The molecule has 0 amide bonds. The molecule has 1 aromatic heterocycles. The molecule has 0 aliphatic carbocycles. The third kappa shape index (κ3) is 3.91. The molecular weight excluding hydrogens is 200 g/mol. The molecule has 0 aliphatic rings. The van der Waals surface area contributed by atoms with Crippen LogP contribution in [0.3, 0.4) is 0 Å². The van der Waals surface area contributed by atoms with Gasteiger partial charge in [0.2, 0.25) is 0 Å². The van der Waals surface area contributed by atoms with Gasteiger partial charge in [0.15, 0.2) is 0 Å². The summed E-state index contributed by atoms with van der Waals surface area (Å²) < 4.78 is 5.16. The summed E-state index contributed by atoms with van der Waals surface area (Å²) in [6.45, 7) is 5.01. The van der Waals surface area contributed by atoms with Crippen molar-refractivity contribution in [2.75, 3.05) is 20.8 Å². The maximum atomic E-state index is 5.16. The second-order valence-corrected chi connectivity index (χ2v) is 4.37. The molecule has 0 saturated carbocycles. The molecule has 2 unspecified atom stereocenters. The molecule has 0 bridgehead atoms. The maximum absolute atomic E-state index is 5.16. The molecule has 16 heavy (non-hydrogen) atoms. The Balaban J connectivity index is 2.63. The van der Waals surface area contributed by atoms with Crippen molar-refractivity contribution in [3.63, 3.8) is 0 Å². The molecular formula is C13H22N2O. The first-order valence-electron chi connectivity index (χ1n) is 5.76. The quantitative estimate of drug-likeness (QED) is 0.802. The summed E-state index contributed by atoms with van der Waals surface area (Å²) in [5.74, 6) is 0.545. The number of nitrogens with zero attached hydrogens (tertiary/aromatic N) is 1. The molecule has 3 heteroatoms. The number of aryl methyl sites for hydroxylation is 1. The summed E-state index contributed by atoms with van der Waals surface area (Å²) in [5.41, 5.74) is 2.31. The highest BCUT2D eigenvalue weighted by Gasteiger charge is 2.13. The Bertz CT molecular complexity index is 297. The highest BCUT2D eigenvalue weighted by atomic mass is 16.5. The van der Waals surface area contributed by atoms with Crippen molar-refractivity contribution in [2.45, 2.75) is 26.3 Å². The summed E-state index contributed by atoms with van der Waals surface area (Å²) in [6.07, 6.45) is 3.02. The summed E-state index contributed by atoms with van der Waals surface area (Å²) in [5, 5.41) is 3.33. The molecule has 2 atom stereocenters. The van der Waals surface area contributed by atoms with E-state index in [2.05, 4.69) is 29.4 Å². The van der Waals surface area contributed by atoms with E-state index < -0.39 is 0 Å². The van der Waals surface area contributed by atoms with E-state index in [0.29, 0.717) is 12.0 Å². The van der Waals surface area contributed by atoms with Crippen LogP contribution < -0.4 is 5.32 Å². The number of rotatable bonds is 6. The van der Waals surface area contributed by atoms with Crippen LogP contribution in [0, 0.1) is 12.8 Å². The van der Waals surface area contributed by atoms with E-state index in [4.69, 9.17) is 4.74 Å². The van der Waals surface area contributed by atoms with Gasteiger partial charge in [0.25, 0.3) is 0 Å². The Morgan fingerprint density at radius 3 is 2.69 bits per heavy atom. The first-order valence-corrected chi connectivity index (χ1v) is 5.76. The van der Waals surface area contributed by atoms with E-state index in [-0.39, 0.29) is 0 Å². The van der Waals surface area contributed by atoms with Crippen LogP contribution in [0.2, 0.25) is 0 Å². The predicted octanol–water partition coefficient (Wildman–Crippen LogP) is 2.32. The van der Waals surface area contributed by atoms with Crippen molar-refractivity contribution < 1.29 is 4.74 Å². The zero-order chi connectivity index (χ0) is 12.0. The number of nitrogens with one attached hydrogen (secondary N) is 1. The molecule has 0 fully saturated rings. The van der Waals surface area contributed by atoms with Gasteiger partial charge >= 0.3 is 0 Å². The van der Waals surface area contributed by atoms with Crippen molar-refractivity contribution in [3.05, 3.63) is 29.6 Å². The largest absolute Gasteiger partial charge is 0.384 e. The van der Waals surface area contributed by atoms with Gasteiger partial charge in [0.05, 0.1) is 0 Å². The van der Waals surface area contributed by atoms with E-state index in [1.807, 2.05) is 20.2 Å². The average molecular weight is 222 g/mol. The molecule has 1 aromatic rings. The van der Waals surface area contributed by atoms with E-state index in [0.717, 1.165) is 18.7 Å². The lowest BCUT2D eigenvalue weighted by atomic mass is 9.97. The van der Waals surface area contributed by atoms with Crippen LogP contribution in [-0.4, -0.2) is 25.7 Å². The number of methoxy groups -OCH3 is 1. The number of ether oxygens (including phenoxy) is 1. The van der Waals surface area contributed by atoms with Crippen LogP contribution in [0.5, 0.6) is 0 Å². The normalized spacial score (nSPS) is 14.8. The zero-order valence-electron chi connectivity index (χ0n) is 10.7. The molecule has 1 N–H and O–H groups in total. The fourth-order valence-electron chi connectivity index (χ4n) is 1.86. The van der Waals surface area contributed by atoms with Gasteiger partial charge in [0.1, 0.15) is 0 Å². The van der Waals surface area contributed by atoms with Gasteiger partial charge in [-0.3, -0.25) is 4.98 Å². The maximum Gasteiger partial charge on any atom is 0.0488 e. The van der Waals surface area contributed by atoms with Crippen molar-refractivity contribution in [1.29, 1.82) is 0 Å². The minimum atomic E-state index is 0.359. The van der Waals surface area contributed by atoms with E-state index >= 15 is 0 Å². The fourth-order valence-corrected chi connectivity index (χ4v) is 1.86. The second-order valence-electron chi connectivity index (χ2n) is 4.37. The molecule has 1 rings (SSSR count). The summed E-state index contributed by atoms with van der Waals surface area (Å²) >= 11 is 0. The molecule has 0 saturated heterocycles. The molecule has 0 aliphatic heterocycles. The summed E-state index contributed by atoms with van der Waals surface area (Å²) in [6, 6.07) is 4.56. The van der Waals surface area contributed by atoms with Crippen LogP contribution >= 0.6 is 0 Å². The second kappa shape index (κ2) is 6.61. The number of pyridine rings is 1. The molecule has 0 radical (unpaired) electrons. The highest BCUT2D eigenvalue weighted by Crippen LogP contribution is 2.20. The van der Waals surface area contributed by atoms with Gasteiger partial charge in [0, 0.05) is 31.6 Å². The smallest absolute Gasteiger partial charge is 0.0488 e. The van der Waals surface area contributed by atoms with Crippen molar-refractivity contribution in [3.8, 4) is 0 Å². The van der Waals surface area contributed by atoms with E-state index in [9.17, 15) is 0 Å². The van der Waals surface area contributed by atoms with Gasteiger partial charge in [-0.25, -0.2) is 0 Å². The van der Waals surface area contributed by atoms with Gasteiger partial charge in [-0.2, -0.15) is 0 Å². The highest BCUT2D eigenvalue weighted by molar-refractivity contribution is 5.17. The van der Waals surface area contributed by atoms with Crippen molar-refractivity contribution >= 4 is 0 Å².